The first-order valence-corrected chi connectivity index (χ1v) is 7.49. The Labute approximate surface area is 131 Å². The first-order valence-electron chi connectivity index (χ1n) is 7.49. The predicted molar refractivity (Wildman–Crippen MR) is 81.8 cm³/mol. The molecule has 1 fully saturated rings. The number of aliphatic carboxylic acids is 1. The fourth-order valence-corrected chi connectivity index (χ4v) is 3.49. The van der Waals surface area contributed by atoms with Gasteiger partial charge in [0.2, 0.25) is 0 Å². The van der Waals surface area contributed by atoms with Crippen LogP contribution in [0, 0.1) is 0 Å². The lowest BCUT2D eigenvalue weighted by Crippen LogP contribution is -2.55. The number of carbonyl (C=O) groups excluding carboxylic acids is 2. The lowest BCUT2D eigenvalue weighted by Gasteiger charge is -2.35. The number of carbonyl (C=O) groups is 3. The van der Waals surface area contributed by atoms with E-state index in [9.17, 15) is 19.5 Å². The third-order valence-corrected chi connectivity index (χ3v) is 4.52. The summed E-state index contributed by atoms with van der Waals surface area (Å²) in [5.41, 5.74) is 0.877. The van der Waals surface area contributed by atoms with Gasteiger partial charge < -0.3 is 5.11 Å². The third kappa shape index (κ3) is 1.88. The fraction of sp³-hybridized carbons (Fsp3) is 0.235. The number of nitrogens with zero attached hydrogens (tertiary/aromatic N) is 2. The van der Waals surface area contributed by atoms with Crippen LogP contribution in [0.15, 0.2) is 36.4 Å². The smallest absolute Gasteiger partial charge is 0.322 e. The van der Waals surface area contributed by atoms with E-state index in [1.807, 2.05) is 12.1 Å². The Balaban J connectivity index is 1.88. The molecule has 2 aromatic rings. The lowest BCUT2D eigenvalue weighted by atomic mass is 9.95. The summed E-state index contributed by atoms with van der Waals surface area (Å²) in [7, 11) is 0. The normalized spacial score (nSPS) is 21.2. The highest BCUT2D eigenvalue weighted by Crippen LogP contribution is 2.32. The summed E-state index contributed by atoms with van der Waals surface area (Å²) < 4.78 is 0. The molecule has 6 nitrogen and oxygen atoms in total. The highest BCUT2D eigenvalue weighted by atomic mass is 16.4. The van der Waals surface area contributed by atoms with Gasteiger partial charge in [0.15, 0.2) is 0 Å². The van der Waals surface area contributed by atoms with Crippen molar-refractivity contribution in [2.45, 2.75) is 18.9 Å². The van der Waals surface area contributed by atoms with Crippen LogP contribution in [-0.2, 0) is 4.79 Å². The van der Waals surface area contributed by atoms with Gasteiger partial charge in [0.25, 0.3) is 11.8 Å². The molecule has 2 aliphatic rings. The lowest BCUT2D eigenvalue weighted by molar-refractivity contribution is -0.145. The number of carboxylic acid groups (broad SMARTS) is 1. The molecular formula is C17H14N2O4. The van der Waals surface area contributed by atoms with Crippen molar-refractivity contribution in [3.05, 3.63) is 47.5 Å². The van der Waals surface area contributed by atoms with E-state index in [0.717, 1.165) is 10.4 Å². The Bertz CT molecular complexity index is 810. The summed E-state index contributed by atoms with van der Waals surface area (Å²) in [4.78, 5) is 37.1. The first kappa shape index (κ1) is 13.9. The Morgan fingerprint density at radius 1 is 1.04 bits per heavy atom. The van der Waals surface area contributed by atoms with Crippen molar-refractivity contribution >= 4 is 28.6 Å². The molecule has 1 N–H and O–H groups in total. The van der Waals surface area contributed by atoms with Crippen LogP contribution in [-0.4, -0.2) is 45.5 Å². The number of hydrogen-bond acceptors (Lipinski definition) is 4. The zero-order valence-corrected chi connectivity index (χ0v) is 12.2. The van der Waals surface area contributed by atoms with Gasteiger partial charge in [-0.2, -0.15) is 5.01 Å². The molecule has 116 valence electrons. The molecule has 0 aromatic heterocycles. The molecule has 2 aromatic carbocycles. The van der Waals surface area contributed by atoms with Crippen LogP contribution >= 0.6 is 0 Å². The molecule has 0 spiro atoms. The summed E-state index contributed by atoms with van der Waals surface area (Å²) >= 11 is 0. The second kappa shape index (κ2) is 4.89. The first-order chi connectivity index (χ1) is 11.1. The van der Waals surface area contributed by atoms with Gasteiger partial charge in [-0.3, -0.25) is 14.4 Å². The molecule has 1 atom stereocenters. The van der Waals surface area contributed by atoms with E-state index in [1.54, 1.807) is 24.3 Å². The van der Waals surface area contributed by atoms with Gasteiger partial charge in [-0.25, -0.2) is 5.01 Å². The molecule has 0 unspecified atom stereocenters. The molecule has 2 amide bonds. The van der Waals surface area contributed by atoms with Crippen molar-refractivity contribution in [2.75, 3.05) is 6.54 Å². The van der Waals surface area contributed by atoms with Crippen molar-refractivity contribution in [3.63, 3.8) is 0 Å². The van der Waals surface area contributed by atoms with Crippen molar-refractivity contribution in [1.82, 2.24) is 10.0 Å². The van der Waals surface area contributed by atoms with E-state index in [1.165, 1.54) is 5.01 Å². The number of hydrogen-bond donors (Lipinski definition) is 1. The summed E-state index contributed by atoms with van der Waals surface area (Å²) in [5, 5.41) is 13.2. The maximum Gasteiger partial charge on any atom is 0.322 e. The summed E-state index contributed by atoms with van der Waals surface area (Å²) in [6.45, 7) is 0.382. The molecule has 1 saturated heterocycles. The van der Waals surface area contributed by atoms with Crippen LogP contribution in [0.1, 0.15) is 33.6 Å². The van der Waals surface area contributed by atoms with Gasteiger partial charge in [0.1, 0.15) is 6.04 Å². The van der Waals surface area contributed by atoms with Gasteiger partial charge in [-0.15, -0.1) is 0 Å². The van der Waals surface area contributed by atoms with Crippen LogP contribution in [0.2, 0.25) is 0 Å². The standard InChI is InChI=1S/C17H14N2O4/c20-15-11-6-1-4-10-5-2-7-12(14(10)11)16(21)19(15)18-9-3-8-13(18)17(22)23/h1-2,4-7,13H,3,8-9H2,(H,22,23)/t13-/m0/s1. The van der Waals surface area contributed by atoms with Gasteiger partial charge >= 0.3 is 5.97 Å². The SMILES string of the molecule is O=C(O)[C@@H]1CCCN1N1C(=O)c2cccc3cccc(c23)C1=O. The molecule has 0 bridgehead atoms. The van der Waals surface area contributed by atoms with Crippen LogP contribution in [0.5, 0.6) is 0 Å². The zero-order valence-electron chi connectivity index (χ0n) is 12.2. The quantitative estimate of drug-likeness (QED) is 0.857. The number of benzene rings is 2. The maximum atomic E-state index is 12.8. The number of carboxylic acids is 1. The topological polar surface area (TPSA) is 77.9 Å². The zero-order chi connectivity index (χ0) is 16.1. The minimum Gasteiger partial charge on any atom is -0.480 e. The average Bonchev–Trinajstić information content (AvgIpc) is 3.02. The van der Waals surface area contributed by atoms with Crippen molar-refractivity contribution in [3.8, 4) is 0 Å². The Kier molecular flexibility index (Phi) is 2.96. The molecule has 0 saturated carbocycles. The van der Waals surface area contributed by atoms with Crippen LogP contribution in [0.25, 0.3) is 10.8 Å². The molecule has 23 heavy (non-hydrogen) atoms. The van der Waals surface area contributed by atoms with E-state index in [4.69, 9.17) is 0 Å². The largest absolute Gasteiger partial charge is 0.480 e. The predicted octanol–water partition coefficient (Wildman–Crippen LogP) is 1.90. The number of imide groups is 1. The van der Waals surface area contributed by atoms with E-state index in [0.29, 0.717) is 35.9 Å². The Hall–Kier alpha value is -2.73. The maximum absolute atomic E-state index is 12.8. The number of hydrazine groups is 1. The summed E-state index contributed by atoms with van der Waals surface area (Å²) in [6, 6.07) is 9.77. The second-order valence-electron chi connectivity index (χ2n) is 5.79. The molecule has 0 aliphatic carbocycles. The Morgan fingerprint density at radius 2 is 1.65 bits per heavy atom. The van der Waals surface area contributed by atoms with Gasteiger partial charge in [0, 0.05) is 11.9 Å². The average molecular weight is 310 g/mol. The number of rotatable bonds is 2. The van der Waals surface area contributed by atoms with Crippen molar-refractivity contribution in [2.24, 2.45) is 0 Å². The molecule has 2 aliphatic heterocycles. The molecule has 0 radical (unpaired) electrons. The van der Waals surface area contributed by atoms with Gasteiger partial charge in [-0.05, 0) is 30.4 Å². The van der Waals surface area contributed by atoms with Gasteiger partial charge in [0.05, 0.1) is 11.1 Å². The fourth-order valence-electron chi connectivity index (χ4n) is 3.49. The summed E-state index contributed by atoms with van der Waals surface area (Å²) in [5.74, 6) is -1.92. The second-order valence-corrected chi connectivity index (χ2v) is 5.79. The minimum atomic E-state index is -1.01. The Morgan fingerprint density at radius 3 is 2.22 bits per heavy atom. The molecule has 6 heteroatoms. The van der Waals surface area contributed by atoms with Crippen molar-refractivity contribution < 1.29 is 19.5 Å². The third-order valence-electron chi connectivity index (χ3n) is 4.52. The van der Waals surface area contributed by atoms with E-state index >= 15 is 0 Å². The highest BCUT2D eigenvalue weighted by Gasteiger charge is 2.43. The van der Waals surface area contributed by atoms with Crippen LogP contribution < -0.4 is 0 Å². The van der Waals surface area contributed by atoms with E-state index < -0.39 is 23.8 Å². The van der Waals surface area contributed by atoms with Crippen molar-refractivity contribution in [1.29, 1.82) is 0 Å². The van der Waals surface area contributed by atoms with Crippen LogP contribution in [0.4, 0.5) is 0 Å². The molecular weight excluding hydrogens is 296 g/mol. The number of amides is 2. The molecule has 4 rings (SSSR count). The minimum absolute atomic E-state index is 0.382. The summed E-state index contributed by atoms with van der Waals surface area (Å²) in [6.07, 6.45) is 1.07. The monoisotopic (exact) mass is 310 g/mol. The van der Waals surface area contributed by atoms with E-state index in [2.05, 4.69) is 0 Å². The highest BCUT2D eigenvalue weighted by molar-refractivity contribution is 6.25. The van der Waals surface area contributed by atoms with E-state index in [-0.39, 0.29) is 0 Å². The van der Waals surface area contributed by atoms with Gasteiger partial charge in [-0.1, -0.05) is 24.3 Å². The molecule has 2 heterocycles. The van der Waals surface area contributed by atoms with Crippen LogP contribution in [0.3, 0.4) is 0 Å².